The third kappa shape index (κ3) is 3.59. The van der Waals surface area contributed by atoms with Crippen molar-refractivity contribution in [1.82, 2.24) is 4.90 Å². The third-order valence-electron chi connectivity index (χ3n) is 3.24. The topological polar surface area (TPSA) is 44.1 Å². The Kier molecular flexibility index (Phi) is 4.91. The largest absolute Gasteiger partial charge is 0.341 e. The lowest BCUT2D eigenvalue weighted by molar-refractivity contribution is -0.130. The van der Waals surface area contributed by atoms with E-state index >= 15 is 0 Å². The summed E-state index contributed by atoms with van der Waals surface area (Å²) in [7, 11) is 1.79. The summed E-state index contributed by atoms with van der Waals surface area (Å²) in [6.45, 7) is 6.84. The number of aryl methyl sites for hydroxylation is 3. The Morgan fingerprint density at radius 3 is 2.44 bits per heavy atom. The van der Waals surface area contributed by atoms with Gasteiger partial charge in [0, 0.05) is 26.4 Å². The van der Waals surface area contributed by atoms with Gasteiger partial charge in [-0.05, 0) is 43.0 Å². The molecule has 1 aromatic rings. The van der Waals surface area contributed by atoms with Crippen LogP contribution in [0.25, 0.3) is 0 Å². The summed E-state index contributed by atoms with van der Waals surface area (Å²) < 4.78 is 0. The van der Waals surface area contributed by atoms with E-state index in [4.69, 9.17) is 5.26 Å². The Balaban J connectivity index is 2.76. The molecule has 0 radical (unpaired) electrons. The standard InChI is InChI=1S/C15H20N2O/c1-11-8-13(3)14(9-12(11)2)10-17(4)15(18)6-5-7-16/h8-9H,5-6,10H2,1-4H3. The van der Waals surface area contributed by atoms with Crippen LogP contribution in [0.4, 0.5) is 0 Å². The van der Waals surface area contributed by atoms with Crippen molar-refractivity contribution in [3.8, 4) is 6.07 Å². The van der Waals surface area contributed by atoms with Gasteiger partial charge in [-0.1, -0.05) is 12.1 Å². The second-order valence-electron chi connectivity index (χ2n) is 4.77. The van der Waals surface area contributed by atoms with Crippen molar-refractivity contribution in [3.63, 3.8) is 0 Å². The van der Waals surface area contributed by atoms with E-state index < -0.39 is 0 Å². The highest BCUT2D eigenvalue weighted by Gasteiger charge is 2.10. The van der Waals surface area contributed by atoms with E-state index in [1.165, 1.54) is 22.3 Å². The van der Waals surface area contributed by atoms with Crippen LogP contribution in [0.5, 0.6) is 0 Å². The molecule has 0 atom stereocenters. The SMILES string of the molecule is Cc1cc(C)c(CN(C)C(=O)CCC#N)cc1C. The number of hydrogen-bond acceptors (Lipinski definition) is 2. The molecule has 1 rings (SSSR count). The van der Waals surface area contributed by atoms with Gasteiger partial charge in [-0.25, -0.2) is 0 Å². The number of amides is 1. The first kappa shape index (κ1) is 14.2. The van der Waals surface area contributed by atoms with Crippen molar-refractivity contribution in [1.29, 1.82) is 5.26 Å². The van der Waals surface area contributed by atoms with Crippen LogP contribution in [0, 0.1) is 32.1 Å². The van der Waals surface area contributed by atoms with Crippen molar-refractivity contribution in [3.05, 3.63) is 34.4 Å². The number of benzene rings is 1. The third-order valence-corrected chi connectivity index (χ3v) is 3.24. The lowest BCUT2D eigenvalue weighted by atomic mass is 10.0. The predicted molar refractivity (Wildman–Crippen MR) is 72.0 cm³/mol. The van der Waals surface area contributed by atoms with Gasteiger partial charge in [-0.15, -0.1) is 0 Å². The minimum atomic E-state index is 0.0224. The lowest BCUT2D eigenvalue weighted by Crippen LogP contribution is -2.26. The fourth-order valence-corrected chi connectivity index (χ4v) is 1.89. The number of hydrogen-bond donors (Lipinski definition) is 0. The summed E-state index contributed by atoms with van der Waals surface area (Å²) in [5.41, 5.74) is 4.90. The highest BCUT2D eigenvalue weighted by Crippen LogP contribution is 2.17. The monoisotopic (exact) mass is 244 g/mol. The molecule has 96 valence electrons. The van der Waals surface area contributed by atoms with Crippen LogP contribution in [0.15, 0.2) is 12.1 Å². The van der Waals surface area contributed by atoms with E-state index in [0.717, 1.165) is 0 Å². The maximum absolute atomic E-state index is 11.7. The van der Waals surface area contributed by atoms with E-state index in [1.807, 2.05) is 6.07 Å². The number of nitriles is 1. The van der Waals surface area contributed by atoms with Crippen LogP contribution in [-0.2, 0) is 11.3 Å². The molecule has 0 fully saturated rings. The molecule has 0 aliphatic rings. The van der Waals surface area contributed by atoms with Gasteiger partial charge in [0.1, 0.15) is 0 Å². The number of carbonyl (C=O) groups excluding carboxylic acids is 1. The van der Waals surface area contributed by atoms with Crippen molar-refractivity contribution in [2.45, 2.75) is 40.2 Å². The molecule has 3 heteroatoms. The maximum Gasteiger partial charge on any atom is 0.223 e. The zero-order valence-corrected chi connectivity index (χ0v) is 11.6. The Labute approximate surface area is 109 Å². The van der Waals surface area contributed by atoms with E-state index in [2.05, 4.69) is 32.9 Å². The van der Waals surface area contributed by atoms with Gasteiger partial charge in [0.25, 0.3) is 0 Å². The summed E-state index contributed by atoms with van der Waals surface area (Å²) in [5.74, 6) is 0.0224. The van der Waals surface area contributed by atoms with Gasteiger partial charge < -0.3 is 4.90 Å². The Morgan fingerprint density at radius 2 is 1.83 bits per heavy atom. The molecule has 0 saturated carbocycles. The molecule has 0 bridgehead atoms. The second-order valence-corrected chi connectivity index (χ2v) is 4.77. The Hall–Kier alpha value is -1.82. The second kappa shape index (κ2) is 6.20. The molecule has 1 amide bonds. The van der Waals surface area contributed by atoms with Crippen molar-refractivity contribution >= 4 is 5.91 Å². The number of carbonyl (C=O) groups is 1. The highest BCUT2D eigenvalue weighted by atomic mass is 16.2. The summed E-state index contributed by atoms with van der Waals surface area (Å²) >= 11 is 0. The fourth-order valence-electron chi connectivity index (χ4n) is 1.89. The molecule has 18 heavy (non-hydrogen) atoms. The molecule has 0 aromatic heterocycles. The molecular weight excluding hydrogens is 224 g/mol. The molecular formula is C15H20N2O. The Bertz CT molecular complexity index is 486. The van der Waals surface area contributed by atoms with Gasteiger partial charge in [0.2, 0.25) is 5.91 Å². The van der Waals surface area contributed by atoms with Crippen LogP contribution in [-0.4, -0.2) is 17.9 Å². The van der Waals surface area contributed by atoms with E-state index in [0.29, 0.717) is 13.0 Å². The van der Waals surface area contributed by atoms with Crippen molar-refractivity contribution in [2.24, 2.45) is 0 Å². The molecule has 0 N–H and O–H groups in total. The van der Waals surface area contributed by atoms with Crippen LogP contribution in [0.3, 0.4) is 0 Å². The maximum atomic E-state index is 11.7. The first-order valence-electron chi connectivity index (χ1n) is 6.13. The van der Waals surface area contributed by atoms with E-state index in [9.17, 15) is 4.79 Å². The predicted octanol–water partition coefficient (Wildman–Crippen LogP) is 2.87. The average molecular weight is 244 g/mol. The minimum Gasteiger partial charge on any atom is -0.341 e. The van der Waals surface area contributed by atoms with Crippen LogP contribution < -0.4 is 0 Å². The van der Waals surface area contributed by atoms with Gasteiger partial charge in [-0.2, -0.15) is 5.26 Å². The normalized spacial score (nSPS) is 9.94. The molecule has 1 aromatic carbocycles. The van der Waals surface area contributed by atoms with Crippen molar-refractivity contribution in [2.75, 3.05) is 7.05 Å². The molecule has 3 nitrogen and oxygen atoms in total. The van der Waals surface area contributed by atoms with Crippen LogP contribution in [0.1, 0.15) is 35.1 Å². The molecule has 0 unspecified atom stereocenters. The van der Waals surface area contributed by atoms with Crippen LogP contribution >= 0.6 is 0 Å². The summed E-state index contributed by atoms with van der Waals surface area (Å²) in [6, 6.07) is 6.29. The van der Waals surface area contributed by atoms with Crippen LogP contribution in [0.2, 0.25) is 0 Å². The zero-order chi connectivity index (χ0) is 13.7. The molecule has 0 aliphatic carbocycles. The fraction of sp³-hybridized carbons (Fsp3) is 0.467. The van der Waals surface area contributed by atoms with Gasteiger partial charge in [0.15, 0.2) is 0 Å². The van der Waals surface area contributed by atoms with Gasteiger partial charge in [0.05, 0.1) is 6.07 Å². The van der Waals surface area contributed by atoms with Gasteiger partial charge in [-0.3, -0.25) is 4.79 Å². The molecule has 0 heterocycles. The first-order chi connectivity index (χ1) is 8.45. The molecule has 0 saturated heterocycles. The highest BCUT2D eigenvalue weighted by molar-refractivity contribution is 5.76. The summed E-state index contributed by atoms with van der Waals surface area (Å²) in [5, 5.41) is 8.48. The quantitative estimate of drug-likeness (QED) is 0.817. The molecule has 0 aliphatic heterocycles. The molecule has 0 spiro atoms. The minimum absolute atomic E-state index is 0.0224. The summed E-state index contributed by atoms with van der Waals surface area (Å²) in [4.78, 5) is 13.4. The number of nitrogens with zero attached hydrogens (tertiary/aromatic N) is 2. The summed E-state index contributed by atoms with van der Waals surface area (Å²) in [6.07, 6.45) is 0.589. The first-order valence-corrected chi connectivity index (χ1v) is 6.13. The van der Waals surface area contributed by atoms with Crippen molar-refractivity contribution < 1.29 is 4.79 Å². The Morgan fingerprint density at radius 1 is 1.22 bits per heavy atom. The van der Waals surface area contributed by atoms with E-state index in [-0.39, 0.29) is 12.3 Å². The van der Waals surface area contributed by atoms with Gasteiger partial charge >= 0.3 is 0 Å². The van der Waals surface area contributed by atoms with E-state index in [1.54, 1.807) is 11.9 Å². The zero-order valence-electron chi connectivity index (χ0n) is 11.6. The smallest absolute Gasteiger partial charge is 0.223 e. The lowest BCUT2D eigenvalue weighted by Gasteiger charge is -2.19. The number of rotatable bonds is 4. The average Bonchev–Trinajstić information content (AvgIpc) is 2.32.